The van der Waals surface area contributed by atoms with Crippen molar-refractivity contribution in [3.63, 3.8) is 0 Å². The largest absolute Gasteiger partial charge is 0.460 e. The van der Waals surface area contributed by atoms with Gasteiger partial charge in [0.25, 0.3) is 0 Å². The molecule has 2 rings (SSSR count). The van der Waals surface area contributed by atoms with Crippen LogP contribution in [-0.2, 0) is 25.6 Å². The second kappa shape index (κ2) is 12.8. The third kappa shape index (κ3) is 9.91. The van der Waals surface area contributed by atoms with Crippen LogP contribution < -0.4 is 0 Å². The Labute approximate surface area is 215 Å². The highest BCUT2D eigenvalue weighted by atomic mass is 16.6. The van der Waals surface area contributed by atoms with Crippen LogP contribution in [0.2, 0.25) is 0 Å². The first-order valence-corrected chi connectivity index (χ1v) is 12.6. The van der Waals surface area contributed by atoms with Gasteiger partial charge in [-0.15, -0.1) is 6.58 Å². The molecule has 2 amide bonds. The summed E-state index contributed by atoms with van der Waals surface area (Å²) >= 11 is 0. The van der Waals surface area contributed by atoms with E-state index in [9.17, 15) is 14.4 Å². The van der Waals surface area contributed by atoms with Crippen molar-refractivity contribution in [3.8, 4) is 0 Å². The van der Waals surface area contributed by atoms with Crippen molar-refractivity contribution in [2.75, 3.05) is 13.1 Å². The van der Waals surface area contributed by atoms with Gasteiger partial charge in [0.05, 0.1) is 12.5 Å². The van der Waals surface area contributed by atoms with Gasteiger partial charge in [0.1, 0.15) is 17.8 Å². The molecule has 1 fully saturated rings. The van der Waals surface area contributed by atoms with Crippen LogP contribution in [0.3, 0.4) is 0 Å². The molecule has 2 unspecified atom stereocenters. The molecule has 200 valence electrons. The van der Waals surface area contributed by atoms with Crippen molar-refractivity contribution < 1.29 is 28.6 Å². The number of esters is 1. The van der Waals surface area contributed by atoms with E-state index in [4.69, 9.17) is 14.2 Å². The molecule has 1 aliphatic rings. The highest BCUT2D eigenvalue weighted by Gasteiger charge is 2.40. The Morgan fingerprint density at radius 1 is 1.00 bits per heavy atom. The Kier molecular flexibility index (Phi) is 10.4. The lowest BCUT2D eigenvalue weighted by Crippen LogP contribution is -2.49. The third-order valence-electron chi connectivity index (χ3n) is 5.56. The number of nitrogens with zero attached hydrogens (tertiary/aromatic N) is 2. The number of amides is 2. The lowest BCUT2D eigenvalue weighted by atomic mass is 10.1. The number of carbonyl (C=O) groups excluding carboxylic acids is 3. The fourth-order valence-corrected chi connectivity index (χ4v) is 4.12. The lowest BCUT2D eigenvalue weighted by Gasteiger charge is -2.34. The van der Waals surface area contributed by atoms with Crippen LogP contribution in [-0.4, -0.2) is 64.3 Å². The maximum absolute atomic E-state index is 13.1. The van der Waals surface area contributed by atoms with Gasteiger partial charge in [0, 0.05) is 19.1 Å². The average Bonchev–Trinajstić information content (AvgIpc) is 3.16. The van der Waals surface area contributed by atoms with E-state index in [0.717, 1.165) is 12.0 Å². The molecular formula is C28H42N2O6. The van der Waals surface area contributed by atoms with Crippen LogP contribution in [0.5, 0.6) is 0 Å². The van der Waals surface area contributed by atoms with E-state index >= 15 is 0 Å². The zero-order valence-electron chi connectivity index (χ0n) is 22.6. The molecule has 1 heterocycles. The highest BCUT2D eigenvalue weighted by molar-refractivity contribution is 5.73. The van der Waals surface area contributed by atoms with Crippen molar-refractivity contribution in [1.82, 2.24) is 9.80 Å². The Morgan fingerprint density at radius 2 is 1.61 bits per heavy atom. The predicted octanol–water partition coefficient (Wildman–Crippen LogP) is 5.70. The molecule has 0 aliphatic carbocycles. The quantitative estimate of drug-likeness (QED) is 0.245. The van der Waals surface area contributed by atoms with Gasteiger partial charge in [-0.1, -0.05) is 36.4 Å². The molecule has 0 bridgehead atoms. The molecule has 8 nitrogen and oxygen atoms in total. The third-order valence-corrected chi connectivity index (χ3v) is 5.56. The molecule has 0 saturated carbocycles. The topological polar surface area (TPSA) is 85.4 Å². The standard InChI is InChI=1S/C28H42N2O6/c1-8-12-22-15-16-23(30(22)26(33)36-28(5,6)7)19-29(18-17-24(31)35-27(2,3)4)25(32)34-20-21-13-10-9-11-14-21/h8-11,13-14,22-23H,1,12,15-20H2,2-7H3. The van der Waals surface area contributed by atoms with Gasteiger partial charge < -0.3 is 24.0 Å². The van der Waals surface area contributed by atoms with Gasteiger partial charge >= 0.3 is 18.2 Å². The minimum absolute atomic E-state index is 0.0208. The highest BCUT2D eigenvalue weighted by Crippen LogP contribution is 2.29. The van der Waals surface area contributed by atoms with Crippen molar-refractivity contribution in [2.45, 2.75) is 97.1 Å². The Bertz CT molecular complexity index is 888. The summed E-state index contributed by atoms with van der Waals surface area (Å²) in [6.07, 6.45) is 2.96. The van der Waals surface area contributed by atoms with E-state index in [1.165, 1.54) is 4.90 Å². The van der Waals surface area contributed by atoms with Crippen LogP contribution in [0.4, 0.5) is 9.59 Å². The number of benzene rings is 1. The average molecular weight is 503 g/mol. The lowest BCUT2D eigenvalue weighted by molar-refractivity contribution is -0.155. The molecule has 0 N–H and O–H groups in total. The molecule has 0 aromatic heterocycles. The van der Waals surface area contributed by atoms with Crippen LogP contribution in [0, 0.1) is 0 Å². The molecule has 0 radical (unpaired) electrons. The van der Waals surface area contributed by atoms with E-state index in [0.29, 0.717) is 12.8 Å². The molecule has 8 heteroatoms. The van der Waals surface area contributed by atoms with Gasteiger partial charge in [0.15, 0.2) is 0 Å². The maximum atomic E-state index is 13.1. The molecule has 1 saturated heterocycles. The van der Waals surface area contributed by atoms with E-state index in [2.05, 4.69) is 6.58 Å². The summed E-state index contributed by atoms with van der Waals surface area (Å²) in [6, 6.07) is 9.06. The zero-order chi connectivity index (χ0) is 26.9. The van der Waals surface area contributed by atoms with E-state index < -0.39 is 29.4 Å². The van der Waals surface area contributed by atoms with Crippen LogP contribution in [0.15, 0.2) is 43.0 Å². The van der Waals surface area contributed by atoms with Crippen molar-refractivity contribution in [2.24, 2.45) is 0 Å². The van der Waals surface area contributed by atoms with E-state index in [-0.39, 0.29) is 38.2 Å². The minimum atomic E-state index is -0.645. The van der Waals surface area contributed by atoms with Gasteiger partial charge in [-0.2, -0.15) is 0 Å². The number of hydrogen-bond donors (Lipinski definition) is 0. The van der Waals surface area contributed by atoms with E-state index in [1.54, 1.807) is 31.7 Å². The number of carbonyl (C=O) groups is 3. The molecule has 2 atom stereocenters. The van der Waals surface area contributed by atoms with Gasteiger partial charge in [-0.05, 0) is 66.4 Å². The summed E-state index contributed by atoms with van der Waals surface area (Å²) in [6.45, 7) is 15.2. The molecule has 1 aromatic carbocycles. The smallest absolute Gasteiger partial charge is 0.410 e. The predicted molar refractivity (Wildman–Crippen MR) is 138 cm³/mol. The van der Waals surface area contributed by atoms with Gasteiger partial charge in [0.2, 0.25) is 0 Å². The summed E-state index contributed by atoms with van der Waals surface area (Å²) in [5, 5.41) is 0. The number of ether oxygens (including phenoxy) is 3. The Morgan fingerprint density at radius 3 is 2.19 bits per heavy atom. The van der Waals surface area contributed by atoms with Crippen molar-refractivity contribution >= 4 is 18.2 Å². The van der Waals surface area contributed by atoms with Gasteiger partial charge in [-0.3, -0.25) is 4.79 Å². The summed E-state index contributed by atoms with van der Waals surface area (Å²) < 4.78 is 16.7. The fourth-order valence-electron chi connectivity index (χ4n) is 4.12. The normalized spacial score (nSPS) is 17.9. The van der Waals surface area contributed by atoms with Crippen molar-refractivity contribution in [3.05, 3.63) is 48.6 Å². The SMILES string of the molecule is C=CCC1CCC(CN(CCC(=O)OC(C)(C)C)C(=O)OCc2ccccc2)N1C(=O)OC(C)(C)C. The monoisotopic (exact) mass is 502 g/mol. The maximum Gasteiger partial charge on any atom is 0.410 e. The number of rotatable bonds is 9. The summed E-state index contributed by atoms with van der Waals surface area (Å²) in [7, 11) is 0. The van der Waals surface area contributed by atoms with Crippen LogP contribution >= 0.6 is 0 Å². The second-order valence-electron chi connectivity index (χ2n) is 11.1. The second-order valence-corrected chi connectivity index (χ2v) is 11.1. The Hall–Kier alpha value is -3.03. The molecule has 0 spiro atoms. The first kappa shape index (κ1) is 29.2. The molecular weight excluding hydrogens is 460 g/mol. The molecule has 1 aliphatic heterocycles. The number of hydrogen-bond acceptors (Lipinski definition) is 6. The zero-order valence-corrected chi connectivity index (χ0v) is 22.6. The molecule has 1 aromatic rings. The number of likely N-dealkylation sites (tertiary alicyclic amines) is 1. The Balaban J connectivity index is 2.17. The summed E-state index contributed by atoms with van der Waals surface area (Å²) in [4.78, 5) is 41.8. The first-order valence-electron chi connectivity index (χ1n) is 12.6. The fraction of sp³-hybridized carbons (Fsp3) is 0.607. The van der Waals surface area contributed by atoms with Crippen molar-refractivity contribution in [1.29, 1.82) is 0 Å². The molecule has 36 heavy (non-hydrogen) atoms. The summed E-state index contributed by atoms with van der Waals surface area (Å²) in [5.74, 6) is -0.400. The van der Waals surface area contributed by atoms with Crippen LogP contribution in [0.25, 0.3) is 0 Å². The first-order chi connectivity index (χ1) is 16.8. The minimum Gasteiger partial charge on any atom is -0.460 e. The van der Waals surface area contributed by atoms with Crippen LogP contribution in [0.1, 0.15) is 72.8 Å². The summed E-state index contributed by atoms with van der Waals surface area (Å²) in [5.41, 5.74) is -0.402. The van der Waals surface area contributed by atoms with Gasteiger partial charge in [-0.25, -0.2) is 9.59 Å². The van der Waals surface area contributed by atoms with E-state index in [1.807, 2.05) is 51.1 Å².